The fourth-order valence-electron chi connectivity index (χ4n) is 2.22. The molecule has 0 radical (unpaired) electrons. The Labute approximate surface area is 120 Å². The summed E-state index contributed by atoms with van der Waals surface area (Å²) in [6, 6.07) is 5.86. The average molecular weight is 266 g/mol. The van der Waals surface area contributed by atoms with E-state index in [9.17, 15) is 14.4 Å². The lowest BCUT2D eigenvalue weighted by atomic mass is 9.74. The Morgan fingerprint density at radius 1 is 1.05 bits per heavy atom. The van der Waals surface area contributed by atoms with E-state index in [4.69, 9.17) is 8.22 Å². The van der Waals surface area contributed by atoms with Crippen molar-refractivity contribution in [3.05, 3.63) is 35.9 Å². The number of likely N-dealkylation sites (N-methyl/N-ethyl adjacent to an activating group) is 2. The topological polar surface area (TPSA) is 57.7 Å². The molecule has 0 bridgehead atoms. The summed E-state index contributed by atoms with van der Waals surface area (Å²) in [6.07, 6.45) is -0.207. The Hall–Kier alpha value is -2.17. The number of amides is 4. The van der Waals surface area contributed by atoms with Crippen LogP contribution in [0.25, 0.3) is 0 Å². The maximum atomic E-state index is 12.9. The highest BCUT2D eigenvalue weighted by atomic mass is 16.2. The second kappa shape index (κ2) is 4.50. The number of nitrogens with zero attached hydrogens (tertiary/aromatic N) is 2. The summed E-state index contributed by atoms with van der Waals surface area (Å²) >= 11 is 0. The van der Waals surface area contributed by atoms with Gasteiger partial charge in [-0.3, -0.25) is 19.4 Å². The van der Waals surface area contributed by atoms with E-state index in [1.54, 1.807) is 6.07 Å². The van der Waals surface area contributed by atoms with Gasteiger partial charge in [0.15, 0.2) is 5.41 Å². The molecule has 19 heavy (non-hydrogen) atoms. The van der Waals surface area contributed by atoms with E-state index in [1.165, 1.54) is 31.2 Å². The number of carbonyl (C=O) groups is 3. The Balaban J connectivity index is 2.80. The van der Waals surface area contributed by atoms with E-state index in [-0.39, 0.29) is 21.8 Å². The average Bonchev–Trinajstić information content (AvgIpc) is 2.46. The molecule has 0 atom stereocenters. The Kier molecular flexibility index (Phi) is 1.76. The van der Waals surface area contributed by atoms with Crippen molar-refractivity contribution in [1.82, 2.24) is 9.80 Å². The molecule has 1 aromatic carbocycles. The van der Waals surface area contributed by atoms with Crippen LogP contribution < -0.4 is 0 Å². The van der Waals surface area contributed by atoms with Crippen molar-refractivity contribution in [2.45, 2.75) is 18.8 Å². The SMILES string of the molecule is [2H]C([2H])([2H])N1C(=O)N(C([2H])([2H])[2H])C(=O)C(CC)(c2ccccc2)C1=O. The first kappa shape index (κ1) is 7.43. The van der Waals surface area contributed by atoms with Crippen LogP contribution in [0.2, 0.25) is 0 Å². The van der Waals surface area contributed by atoms with Crippen LogP contribution in [-0.4, -0.2) is 41.6 Å². The molecule has 5 nitrogen and oxygen atoms in total. The predicted molar refractivity (Wildman–Crippen MR) is 69.3 cm³/mol. The number of imide groups is 2. The van der Waals surface area contributed by atoms with Gasteiger partial charge in [-0.05, 0) is 12.0 Å². The van der Waals surface area contributed by atoms with Crippen LogP contribution in [0.4, 0.5) is 4.79 Å². The minimum atomic E-state index is -3.23. The molecule has 1 heterocycles. The monoisotopic (exact) mass is 266 g/mol. The van der Waals surface area contributed by atoms with Gasteiger partial charge in [0.1, 0.15) is 0 Å². The molecule has 1 aliphatic heterocycles. The lowest BCUT2D eigenvalue weighted by Gasteiger charge is -2.41. The molecular formula is C14H16N2O3. The van der Waals surface area contributed by atoms with Crippen molar-refractivity contribution in [2.75, 3.05) is 14.0 Å². The zero-order valence-corrected chi connectivity index (χ0v) is 10.2. The van der Waals surface area contributed by atoms with Gasteiger partial charge >= 0.3 is 6.03 Å². The molecule has 1 fully saturated rings. The van der Waals surface area contributed by atoms with Crippen molar-refractivity contribution >= 4 is 17.8 Å². The molecule has 0 aliphatic carbocycles. The predicted octanol–water partition coefficient (Wildman–Crippen LogP) is 1.38. The number of urea groups is 1. The van der Waals surface area contributed by atoms with E-state index in [2.05, 4.69) is 0 Å². The summed E-state index contributed by atoms with van der Waals surface area (Å²) < 4.78 is 44.7. The van der Waals surface area contributed by atoms with Crippen LogP contribution >= 0.6 is 0 Å². The van der Waals surface area contributed by atoms with Crippen molar-refractivity contribution in [3.63, 3.8) is 0 Å². The highest BCUT2D eigenvalue weighted by molar-refractivity contribution is 6.22. The number of hydrogen-bond acceptors (Lipinski definition) is 3. The summed E-state index contributed by atoms with van der Waals surface area (Å²) in [5.74, 6) is -2.51. The molecule has 4 amide bonds. The first-order valence-electron chi connectivity index (χ1n) is 8.68. The second-order valence-corrected chi connectivity index (χ2v) is 4.19. The molecule has 0 spiro atoms. The third-order valence-electron chi connectivity index (χ3n) is 3.32. The van der Waals surface area contributed by atoms with Gasteiger partial charge in [0.2, 0.25) is 0 Å². The number of benzene rings is 1. The molecule has 1 saturated heterocycles. The maximum Gasteiger partial charge on any atom is 0.332 e. The number of rotatable bonds is 2. The molecule has 0 N–H and O–H groups in total. The smallest absolute Gasteiger partial charge is 0.273 e. The minimum Gasteiger partial charge on any atom is -0.273 e. The van der Waals surface area contributed by atoms with Gasteiger partial charge in [-0.25, -0.2) is 4.79 Å². The first-order valence-corrected chi connectivity index (χ1v) is 5.68. The molecule has 0 aromatic heterocycles. The third kappa shape index (κ3) is 1.65. The van der Waals surface area contributed by atoms with Gasteiger partial charge in [0, 0.05) is 22.2 Å². The molecular weight excluding hydrogens is 244 g/mol. The Bertz CT molecular complexity index is 678. The van der Waals surface area contributed by atoms with Gasteiger partial charge < -0.3 is 0 Å². The summed E-state index contributed by atoms with van der Waals surface area (Å²) in [4.78, 5) is 38.0. The lowest BCUT2D eigenvalue weighted by Crippen LogP contribution is -2.64. The summed E-state index contributed by atoms with van der Waals surface area (Å²) in [7, 11) is 0. The zero-order chi connectivity index (χ0) is 19.2. The number of hydrogen-bond donors (Lipinski definition) is 0. The molecule has 5 heteroatoms. The second-order valence-electron chi connectivity index (χ2n) is 4.19. The van der Waals surface area contributed by atoms with E-state index in [0.717, 1.165) is 0 Å². The van der Waals surface area contributed by atoms with Crippen LogP contribution in [-0.2, 0) is 15.0 Å². The third-order valence-corrected chi connectivity index (χ3v) is 3.32. The van der Waals surface area contributed by atoms with Crippen molar-refractivity contribution in [1.29, 1.82) is 0 Å². The normalized spacial score (nSPS) is 25.0. The highest BCUT2D eigenvalue weighted by Crippen LogP contribution is 2.35. The fourth-order valence-corrected chi connectivity index (χ4v) is 2.22. The van der Waals surface area contributed by atoms with E-state index in [1.807, 2.05) is 0 Å². The molecule has 0 saturated carbocycles. The van der Waals surface area contributed by atoms with E-state index < -0.39 is 37.2 Å². The van der Waals surface area contributed by atoms with Gasteiger partial charge in [0.25, 0.3) is 11.8 Å². The Morgan fingerprint density at radius 2 is 1.58 bits per heavy atom. The maximum absolute atomic E-state index is 12.9. The quantitative estimate of drug-likeness (QED) is 0.760. The largest absolute Gasteiger partial charge is 0.332 e. The lowest BCUT2D eigenvalue weighted by molar-refractivity contribution is -0.150. The number of carbonyl (C=O) groups excluding carboxylic acids is 3. The summed E-state index contributed by atoms with van der Waals surface area (Å²) in [6.45, 7) is -5.00. The molecule has 100 valence electrons. The van der Waals surface area contributed by atoms with Crippen molar-refractivity contribution in [3.8, 4) is 0 Å². The van der Waals surface area contributed by atoms with Crippen LogP contribution in [0, 0.1) is 0 Å². The van der Waals surface area contributed by atoms with Crippen molar-refractivity contribution in [2.24, 2.45) is 0 Å². The van der Waals surface area contributed by atoms with Crippen LogP contribution in [0.1, 0.15) is 27.1 Å². The molecule has 1 aromatic rings. The van der Waals surface area contributed by atoms with E-state index in [0.29, 0.717) is 0 Å². The van der Waals surface area contributed by atoms with E-state index >= 15 is 0 Å². The van der Waals surface area contributed by atoms with Crippen molar-refractivity contribution < 1.29 is 22.6 Å². The van der Waals surface area contributed by atoms with Gasteiger partial charge in [-0.2, -0.15) is 0 Å². The standard InChI is InChI=1S/C14H16N2O3/c1-4-14(10-8-6-5-7-9-10)11(17)15(2)13(19)16(3)12(14)18/h5-9H,4H2,1-3H3/i2D3,3D3. The molecule has 1 aliphatic rings. The fraction of sp³-hybridized carbons (Fsp3) is 0.357. The van der Waals surface area contributed by atoms with Gasteiger partial charge in [0.05, 0.1) is 0 Å². The highest BCUT2D eigenvalue weighted by Gasteiger charge is 2.55. The molecule has 0 unspecified atom stereocenters. The summed E-state index contributed by atoms with van der Waals surface area (Å²) in [5.41, 5.74) is -1.97. The summed E-state index contributed by atoms with van der Waals surface area (Å²) in [5, 5.41) is 0. The van der Waals surface area contributed by atoms with Crippen LogP contribution in [0.5, 0.6) is 0 Å². The number of barbiturate groups is 1. The zero-order valence-electron chi connectivity index (χ0n) is 16.2. The van der Waals surface area contributed by atoms with Crippen LogP contribution in [0.3, 0.4) is 0 Å². The Morgan fingerprint density at radius 3 is 2.00 bits per heavy atom. The van der Waals surface area contributed by atoms with Gasteiger partial charge in [-0.15, -0.1) is 0 Å². The van der Waals surface area contributed by atoms with Gasteiger partial charge in [-0.1, -0.05) is 37.3 Å². The first-order chi connectivity index (χ1) is 11.4. The van der Waals surface area contributed by atoms with Crippen LogP contribution in [0.15, 0.2) is 30.3 Å². The molecule has 2 rings (SSSR count). The minimum absolute atomic E-state index is 0.114.